The summed E-state index contributed by atoms with van der Waals surface area (Å²) in [5.41, 5.74) is 4.59. The van der Waals surface area contributed by atoms with Crippen LogP contribution in [0.1, 0.15) is 36.6 Å². The number of methoxy groups -OCH3 is 1. The molecule has 0 fully saturated rings. The standard InChI is InChI=1S/C19H25N3O2/c1-5-16-15(17(6-2)22(3)21-16)12-20-11-14-10-13-8-7-9-18(23-4)19(13)24-14/h7-10,20H,5-6,11-12H2,1-4H3. The third-order valence-corrected chi connectivity index (χ3v) is 4.41. The van der Waals surface area contributed by atoms with Crippen molar-refractivity contribution < 1.29 is 9.15 Å². The fourth-order valence-corrected chi connectivity index (χ4v) is 3.24. The summed E-state index contributed by atoms with van der Waals surface area (Å²) in [5, 5.41) is 9.18. The topological polar surface area (TPSA) is 52.2 Å². The van der Waals surface area contributed by atoms with Crippen molar-refractivity contribution in [2.75, 3.05) is 7.11 Å². The van der Waals surface area contributed by atoms with Gasteiger partial charge in [-0.05, 0) is 25.0 Å². The summed E-state index contributed by atoms with van der Waals surface area (Å²) in [5.74, 6) is 1.68. The van der Waals surface area contributed by atoms with Gasteiger partial charge in [0.1, 0.15) is 5.76 Å². The maximum Gasteiger partial charge on any atom is 0.176 e. The quantitative estimate of drug-likeness (QED) is 0.720. The maximum atomic E-state index is 5.94. The Morgan fingerprint density at radius 2 is 2.04 bits per heavy atom. The molecule has 0 aliphatic heterocycles. The van der Waals surface area contributed by atoms with Crippen LogP contribution in [-0.2, 0) is 33.0 Å². The molecule has 24 heavy (non-hydrogen) atoms. The van der Waals surface area contributed by atoms with Crippen molar-refractivity contribution in [1.82, 2.24) is 15.1 Å². The van der Waals surface area contributed by atoms with Crippen LogP contribution in [0.15, 0.2) is 28.7 Å². The van der Waals surface area contributed by atoms with Crippen molar-refractivity contribution >= 4 is 11.0 Å². The minimum absolute atomic E-state index is 0.680. The molecule has 2 aromatic heterocycles. The summed E-state index contributed by atoms with van der Waals surface area (Å²) in [6.07, 6.45) is 1.94. The van der Waals surface area contributed by atoms with E-state index in [1.165, 1.54) is 17.0 Å². The Morgan fingerprint density at radius 1 is 1.21 bits per heavy atom. The van der Waals surface area contributed by atoms with Gasteiger partial charge in [-0.1, -0.05) is 26.0 Å². The molecule has 1 aromatic carbocycles. The van der Waals surface area contributed by atoms with Crippen molar-refractivity contribution in [3.05, 3.63) is 47.0 Å². The number of fused-ring (bicyclic) bond motifs is 1. The van der Waals surface area contributed by atoms with Gasteiger partial charge in [-0.15, -0.1) is 0 Å². The van der Waals surface area contributed by atoms with Crippen molar-refractivity contribution in [2.24, 2.45) is 7.05 Å². The predicted octanol–water partition coefficient (Wildman–Crippen LogP) is 3.59. The SMILES string of the molecule is CCc1nn(C)c(CC)c1CNCc1cc2cccc(OC)c2o1. The molecule has 0 bridgehead atoms. The summed E-state index contributed by atoms with van der Waals surface area (Å²) >= 11 is 0. The number of para-hydroxylation sites is 1. The van der Waals surface area contributed by atoms with Gasteiger partial charge in [0.25, 0.3) is 0 Å². The maximum absolute atomic E-state index is 5.94. The Balaban J connectivity index is 1.73. The van der Waals surface area contributed by atoms with Crippen LogP contribution >= 0.6 is 0 Å². The number of rotatable bonds is 7. The smallest absolute Gasteiger partial charge is 0.176 e. The zero-order valence-electron chi connectivity index (χ0n) is 14.8. The Hall–Kier alpha value is -2.27. The lowest BCUT2D eigenvalue weighted by Crippen LogP contribution is -2.14. The number of aromatic nitrogens is 2. The summed E-state index contributed by atoms with van der Waals surface area (Å²) in [4.78, 5) is 0. The Morgan fingerprint density at radius 3 is 2.75 bits per heavy atom. The van der Waals surface area contributed by atoms with E-state index in [2.05, 4.69) is 30.3 Å². The van der Waals surface area contributed by atoms with Gasteiger partial charge >= 0.3 is 0 Å². The Bertz CT molecular complexity index is 833. The van der Waals surface area contributed by atoms with Crippen molar-refractivity contribution in [3.63, 3.8) is 0 Å². The summed E-state index contributed by atoms with van der Waals surface area (Å²) < 4.78 is 13.3. The fourth-order valence-electron chi connectivity index (χ4n) is 3.24. The molecule has 0 radical (unpaired) electrons. The van der Waals surface area contributed by atoms with Crippen LogP contribution < -0.4 is 10.1 Å². The first-order valence-corrected chi connectivity index (χ1v) is 8.47. The molecule has 0 unspecified atom stereocenters. The highest BCUT2D eigenvalue weighted by molar-refractivity contribution is 5.83. The minimum atomic E-state index is 0.680. The first-order valence-electron chi connectivity index (χ1n) is 8.47. The van der Waals surface area contributed by atoms with Crippen LogP contribution in [0.3, 0.4) is 0 Å². The monoisotopic (exact) mass is 327 g/mol. The van der Waals surface area contributed by atoms with Crippen LogP contribution in [-0.4, -0.2) is 16.9 Å². The van der Waals surface area contributed by atoms with E-state index in [0.29, 0.717) is 6.54 Å². The molecule has 0 spiro atoms. The lowest BCUT2D eigenvalue weighted by molar-refractivity contribution is 0.406. The number of nitrogens with zero attached hydrogens (tertiary/aromatic N) is 2. The first-order chi connectivity index (χ1) is 11.7. The average molecular weight is 327 g/mol. The van der Waals surface area contributed by atoms with Gasteiger partial charge in [-0.3, -0.25) is 4.68 Å². The molecule has 0 atom stereocenters. The van der Waals surface area contributed by atoms with E-state index >= 15 is 0 Å². The van der Waals surface area contributed by atoms with Gasteiger partial charge < -0.3 is 14.5 Å². The number of benzene rings is 1. The van der Waals surface area contributed by atoms with E-state index in [4.69, 9.17) is 9.15 Å². The Labute approximate surface area is 142 Å². The van der Waals surface area contributed by atoms with Crippen LogP contribution in [0.2, 0.25) is 0 Å². The molecule has 0 aliphatic rings. The molecule has 0 aliphatic carbocycles. The first kappa shape index (κ1) is 16.6. The van der Waals surface area contributed by atoms with Crippen LogP contribution in [0, 0.1) is 0 Å². The van der Waals surface area contributed by atoms with E-state index in [9.17, 15) is 0 Å². The van der Waals surface area contributed by atoms with E-state index in [1.54, 1.807) is 7.11 Å². The highest BCUT2D eigenvalue weighted by Crippen LogP contribution is 2.28. The summed E-state index contributed by atoms with van der Waals surface area (Å²) in [6, 6.07) is 8.00. The highest BCUT2D eigenvalue weighted by atomic mass is 16.5. The van der Waals surface area contributed by atoms with Gasteiger partial charge in [-0.2, -0.15) is 5.10 Å². The number of hydrogen-bond acceptors (Lipinski definition) is 4. The lowest BCUT2D eigenvalue weighted by atomic mass is 10.1. The third kappa shape index (κ3) is 3.04. The van der Waals surface area contributed by atoms with Gasteiger partial charge in [0.2, 0.25) is 0 Å². The third-order valence-electron chi connectivity index (χ3n) is 4.41. The van der Waals surface area contributed by atoms with Gasteiger partial charge in [-0.25, -0.2) is 0 Å². The van der Waals surface area contributed by atoms with E-state index < -0.39 is 0 Å². The molecule has 0 saturated heterocycles. The van der Waals surface area contributed by atoms with Crippen LogP contribution in [0.5, 0.6) is 5.75 Å². The molecule has 0 amide bonds. The number of nitrogens with one attached hydrogen (secondary N) is 1. The molecule has 0 saturated carbocycles. The molecule has 3 rings (SSSR count). The van der Waals surface area contributed by atoms with Crippen LogP contribution in [0.4, 0.5) is 0 Å². The molecule has 5 nitrogen and oxygen atoms in total. The molecular weight excluding hydrogens is 302 g/mol. The average Bonchev–Trinajstić information content (AvgIpc) is 3.14. The largest absolute Gasteiger partial charge is 0.493 e. The fraction of sp³-hybridized carbons (Fsp3) is 0.421. The van der Waals surface area contributed by atoms with E-state index in [-0.39, 0.29) is 0 Å². The van der Waals surface area contributed by atoms with E-state index in [1.807, 2.05) is 29.9 Å². The predicted molar refractivity (Wildman–Crippen MR) is 95.3 cm³/mol. The molecule has 1 N–H and O–H groups in total. The second-order valence-corrected chi connectivity index (χ2v) is 5.90. The normalized spacial score (nSPS) is 11.3. The second-order valence-electron chi connectivity index (χ2n) is 5.90. The zero-order valence-corrected chi connectivity index (χ0v) is 14.8. The van der Waals surface area contributed by atoms with Crippen molar-refractivity contribution in [1.29, 1.82) is 0 Å². The molecule has 3 aromatic rings. The van der Waals surface area contributed by atoms with Crippen molar-refractivity contribution in [3.8, 4) is 5.75 Å². The summed E-state index contributed by atoms with van der Waals surface area (Å²) in [6.45, 7) is 5.80. The lowest BCUT2D eigenvalue weighted by Gasteiger charge is -2.06. The van der Waals surface area contributed by atoms with Crippen molar-refractivity contribution in [2.45, 2.75) is 39.8 Å². The van der Waals surface area contributed by atoms with Gasteiger partial charge in [0.15, 0.2) is 11.3 Å². The number of furan rings is 1. The minimum Gasteiger partial charge on any atom is -0.493 e. The second kappa shape index (κ2) is 7.09. The molecule has 2 heterocycles. The highest BCUT2D eigenvalue weighted by Gasteiger charge is 2.14. The van der Waals surface area contributed by atoms with Gasteiger partial charge in [0, 0.05) is 30.2 Å². The molecule has 5 heteroatoms. The number of aryl methyl sites for hydroxylation is 2. The zero-order chi connectivity index (χ0) is 17.1. The van der Waals surface area contributed by atoms with E-state index in [0.717, 1.165) is 41.9 Å². The Kier molecular flexibility index (Phi) is 4.90. The molecular formula is C19H25N3O2. The van der Waals surface area contributed by atoms with Crippen LogP contribution in [0.25, 0.3) is 11.0 Å². The number of ether oxygens (including phenoxy) is 1. The number of hydrogen-bond donors (Lipinski definition) is 1. The van der Waals surface area contributed by atoms with Gasteiger partial charge in [0.05, 0.1) is 19.3 Å². The summed E-state index contributed by atoms with van der Waals surface area (Å²) in [7, 11) is 3.68. The molecule has 128 valence electrons.